The van der Waals surface area contributed by atoms with Gasteiger partial charge in [-0.05, 0) is 26.7 Å². The molecule has 0 aromatic rings. The van der Waals surface area contributed by atoms with Gasteiger partial charge in [-0.25, -0.2) is 0 Å². The van der Waals surface area contributed by atoms with Crippen LogP contribution in [0.4, 0.5) is 4.39 Å². The molecule has 0 aromatic carbocycles. The van der Waals surface area contributed by atoms with Crippen molar-refractivity contribution >= 4 is 0 Å². The molecule has 0 atom stereocenters. The molecule has 0 aliphatic rings. The van der Waals surface area contributed by atoms with Crippen LogP contribution in [-0.2, 0) is 0 Å². The molecule has 50 valence electrons. The number of halogens is 1. The van der Waals surface area contributed by atoms with E-state index in [1.54, 1.807) is 13.8 Å². The highest BCUT2D eigenvalue weighted by Crippen LogP contribution is 2.09. The fourth-order valence-electron chi connectivity index (χ4n) is 0.499. The second-order valence-electron chi connectivity index (χ2n) is 2.60. The molecule has 0 heterocycles. The van der Waals surface area contributed by atoms with Crippen molar-refractivity contribution < 1.29 is 9.50 Å². The van der Waals surface area contributed by atoms with Gasteiger partial charge < -0.3 is 5.11 Å². The second-order valence-corrected chi connectivity index (χ2v) is 2.60. The van der Waals surface area contributed by atoms with Crippen LogP contribution in [0.1, 0.15) is 26.7 Å². The summed E-state index contributed by atoms with van der Waals surface area (Å²) in [6.45, 7) is 3.04. The molecular formula is C6H13FO. The van der Waals surface area contributed by atoms with Crippen LogP contribution < -0.4 is 0 Å². The molecule has 1 nitrogen and oxygen atoms in total. The quantitative estimate of drug-likeness (QED) is 0.598. The van der Waals surface area contributed by atoms with E-state index in [2.05, 4.69) is 0 Å². The predicted octanol–water partition coefficient (Wildman–Crippen LogP) is 1.51. The third-order valence-electron chi connectivity index (χ3n) is 0.922. The lowest BCUT2D eigenvalue weighted by Crippen LogP contribution is -2.17. The summed E-state index contributed by atoms with van der Waals surface area (Å²) < 4.78 is 11.4. The van der Waals surface area contributed by atoms with Crippen LogP contribution in [0.15, 0.2) is 0 Å². The predicted molar refractivity (Wildman–Crippen MR) is 31.5 cm³/mol. The van der Waals surface area contributed by atoms with E-state index >= 15 is 0 Å². The molecule has 0 rings (SSSR count). The molecule has 2 heteroatoms. The van der Waals surface area contributed by atoms with E-state index in [1.807, 2.05) is 0 Å². The summed E-state index contributed by atoms with van der Waals surface area (Å²) in [5, 5.41) is 8.98. The Balaban J connectivity index is 3.11. The Morgan fingerprint density at radius 1 is 1.50 bits per heavy atom. The highest BCUT2D eigenvalue weighted by Gasteiger charge is 2.10. The van der Waals surface area contributed by atoms with Crippen molar-refractivity contribution in [2.24, 2.45) is 0 Å². The van der Waals surface area contributed by atoms with E-state index in [4.69, 9.17) is 5.11 Å². The topological polar surface area (TPSA) is 20.2 Å². The smallest absolute Gasteiger partial charge is 0.0895 e. The van der Waals surface area contributed by atoms with Crippen LogP contribution in [0.3, 0.4) is 0 Å². The fraction of sp³-hybridized carbons (Fsp3) is 1.00. The molecule has 0 aliphatic heterocycles. The van der Waals surface area contributed by atoms with Gasteiger partial charge in [0.2, 0.25) is 0 Å². The molecule has 0 aromatic heterocycles. The van der Waals surface area contributed by atoms with Crippen molar-refractivity contribution in [2.75, 3.05) is 6.67 Å². The Morgan fingerprint density at radius 3 is 2.12 bits per heavy atom. The van der Waals surface area contributed by atoms with Crippen LogP contribution in [-0.4, -0.2) is 17.4 Å². The Morgan fingerprint density at radius 2 is 2.00 bits per heavy atom. The summed E-state index contributed by atoms with van der Waals surface area (Å²) in [6.07, 6.45) is 1.01. The average molecular weight is 120 g/mol. The van der Waals surface area contributed by atoms with Gasteiger partial charge in [-0.1, -0.05) is 0 Å². The number of hydrogen-bond donors (Lipinski definition) is 1. The standard InChI is InChI=1S/C6H13FO/c1-6(2,8)4-3-5-7/h8H,3-5H2,1-2H3. The molecule has 0 bridgehead atoms. The zero-order valence-corrected chi connectivity index (χ0v) is 5.45. The Labute approximate surface area is 49.5 Å². The highest BCUT2D eigenvalue weighted by atomic mass is 19.1. The van der Waals surface area contributed by atoms with Gasteiger partial charge in [0, 0.05) is 0 Å². The first-order valence-corrected chi connectivity index (χ1v) is 2.84. The van der Waals surface area contributed by atoms with Crippen LogP contribution in [0.5, 0.6) is 0 Å². The van der Waals surface area contributed by atoms with Gasteiger partial charge >= 0.3 is 0 Å². The van der Waals surface area contributed by atoms with E-state index in [1.165, 1.54) is 0 Å². The highest BCUT2D eigenvalue weighted by molar-refractivity contribution is 4.63. The maximum atomic E-state index is 11.4. The van der Waals surface area contributed by atoms with E-state index in [-0.39, 0.29) is 6.67 Å². The second kappa shape index (κ2) is 3.02. The van der Waals surface area contributed by atoms with E-state index < -0.39 is 5.60 Å². The molecule has 0 radical (unpaired) electrons. The summed E-state index contributed by atoms with van der Waals surface area (Å²) >= 11 is 0. The first-order chi connectivity index (χ1) is 3.56. The Kier molecular flexibility index (Phi) is 2.98. The molecule has 8 heavy (non-hydrogen) atoms. The molecule has 0 aliphatic carbocycles. The molecule has 0 unspecified atom stereocenters. The molecule has 0 amide bonds. The number of rotatable bonds is 3. The van der Waals surface area contributed by atoms with Gasteiger partial charge in [0.05, 0.1) is 12.3 Å². The van der Waals surface area contributed by atoms with Crippen LogP contribution in [0.25, 0.3) is 0 Å². The van der Waals surface area contributed by atoms with Crippen molar-refractivity contribution in [3.63, 3.8) is 0 Å². The van der Waals surface area contributed by atoms with Crippen molar-refractivity contribution in [1.82, 2.24) is 0 Å². The zero-order chi connectivity index (χ0) is 6.62. The summed E-state index contributed by atoms with van der Waals surface area (Å²) in [5.74, 6) is 0. The van der Waals surface area contributed by atoms with Gasteiger partial charge in [-0.3, -0.25) is 4.39 Å². The molecule has 0 spiro atoms. The number of aliphatic hydroxyl groups is 1. The van der Waals surface area contributed by atoms with Crippen LogP contribution in [0, 0.1) is 0 Å². The maximum absolute atomic E-state index is 11.4. The summed E-state index contributed by atoms with van der Waals surface area (Å²) in [6, 6.07) is 0. The lowest BCUT2D eigenvalue weighted by Gasteiger charge is -2.14. The molecule has 0 fully saturated rings. The van der Waals surface area contributed by atoms with Crippen LogP contribution >= 0.6 is 0 Å². The summed E-state index contributed by atoms with van der Waals surface area (Å²) in [5.41, 5.74) is -0.688. The number of alkyl halides is 1. The van der Waals surface area contributed by atoms with Crippen LogP contribution in [0.2, 0.25) is 0 Å². The third kappa shape index (κ3) is 5.89. The van der Waals surface area contributed by atoms with Gasteiger partial charge in [0.15, 0.2) is 0 Å². The average Bonchev–Trinajstić information content (AvgIpc) is 1.59. The van der Waals surface area contributed by atoms with Gasteiger partial charge in [-0.2, -0.15) is 0 Å². The minimum Gasteiger partial charge on any atom is -0.390 e. The minimum atomic E-state index is -0.688. The van der Waals surface area contributed by atoms with Crippen molar-refractivity contribution in [3.05, 3.63) is 0 Å². The lowest BCUT2D eigenvalue weighted by atomic mass is 10.0. The summed E-state index contributed by atoms with van der Waals surface area (Å²) in [7, 11) is 0. The monoisotopic (exact) mass is 120 g/mol. The Bertz CT molecular complexity index is 56.0. The lowest BCUT2D eigenvalue weighted by molar-refractivity contribution is 0.0667. The minimum absolute atomic E-state index is 0.329. The van der Waals surface area contributed by atoms with Gasteiger partial charge in [0.1, 0.15) is 0 Å². The zero-order valence-electron chi connectivity index (χ0n) is 5.45. The Hall–Kier alpha value is -0.110. The normalized spacial score (nSPS) is 12.0. The molecule has 0 saturated heterocycles. The largest absolute Gasteiger partial charge is 0.390 e. The van der Waals surface area contributed by atoms with E-state index in [0.29, 0.717) is 12.8 Å². The first-order valence-electron chi connectivity index (χ1n) is 2.84. The van der Waals surface area contributed by atoms with Crippen molar-refractivity contribution in [1.29, 1.82) is 0 Å². The third-order valence-corrected chi connectivity index (χ3v) is 0.922. The van der Waals surface area contributed by atoms with Crippen molar-refractivity contribution in [2.45, 2.75) is 32.3 Å². The maximum Gasteiger partial charge on any atom is 0.0895 e. The number of hydrogen-bond acceptors (Lipinski definition) is 1. The molecule has 1 N–H and O–H groups in total. The van der Waals surface area contributed by atoms with Crippen molar-refractivity contribution in [3.8, 4) is 0 Å². The first kappa shape index (κ1) is 7.89. The summed E-state index contributed by atoms with van der Waals surface area (Å²) in [4.78, 5) is 0. The SMILES string of the molecule is CC(C)(O)CCCF. The van der Waals surface area contributed by atoms with Gasteiger partial charge in [-0.15, -0.1) is 0 Å². The fourth-order valence-corrected chi connectivity index (χ4v) is 0.499. The van der Waals surface area contributed by atoms with Gasteiger partial charge in [0.25, 0.3) is 0 Å². The van der Waals surface area contributed by atoms with E-state index in [9.17, 15) is 4.39 Å². The van der Waals surface area contributed by atoms with E-state index in [0.717, 1.165) is 0 Å². The molecular weight excluding hydrogens is 107 g/mol. The molecule has 0 saturated carbocycles.